The van der Waals surface area contributed by atoms with E-state index in [4.69, 9.17) is 5.73 Å². The second-order valence-electron chi connectivity index (χ2n) is 5.25. The number of likely N-dealkylation sites (N-methyl/N-ethyl adjacent to an activating group) is 2. The van der Waals surface area contributed by atoms with E-state index >= 15 is 0 Å². The van der Waals surface area contributed by atoms with Crippen LogP contribution in [0.3, 0.4) is 0 Å². The van der Waals surface area contributed by atoms with Gasteiger partial charge < -0.3 is 10.6 Å². The quantitative estimate of drug-likeness (QED) is 0.903. The maximum atomic E-state index is 5.88. The molecule has 0 bridgehead atoms. The Labute approximate surface area is 124 Å². The van der Waals surface area contributed by atoms with Gasteiger partial charge in [-0.05, 0) is 38.1 Å². The third kappa shape index (κ3) is 3.30. The van der Waals surface area contributed by atoms with Crippen LogP contribution in [-0.2, 0) is 6.54 Å². The first-order valence-electron chi connectivity index (χ1n) is 7.10. The van der Waals surface area contributed by atoms with E-state index in [9.17, 15) is 0 Å². The van der Waals surface area contributed by atoms with Crippen LogP contribution in [0.2, 0.25) is 0 Å². The molecule has 1 aromatic carbocycles. The standard InChI is InChI=1S/C15H24BrN3/c1-3-19-9-5-6-12(19)11-18(2)15-8-4-7-14(16)13(15)10-17/h4,7-8,12H,3,5-6,9-11,17H2,1-2H3. The van der Waals surface area contributed by atoms with E-state index in [1.54, 1.807) is 0 Å². The topological polar surface area (TPSA) is 32.5 Å². The number of anilines is 1. The Bertz CT molecular complexity index is 422. The first-order chi connectivity index (χ1) is 9.17. The number of nitrogens with zero attached hydrogens (tertiary/aromatic N) is 2. The molecule has 2 N–H and O–H groups in total. The Balaban J connectivity index is 2.11. The van der Waals surface area contributed by atoms with Crippen LogP contribution in [0.25, 0.3) is 0 Å². The summed E-state index contributed by atoms with van der Waals surface area (Å²) in [6, 6.07) is 6.99. The summed E-state index contributed by atoms with van der Waals surface area (Å²) in [6.07, 6.45) is 2.64. The fraction of sp³-hybridized carbons (Fsp3) is 0.600. The highest BCUT2D eigenvalue weighted by molar-refractivity contribution is 9.10. The van der Waals surface area contributed by atoms with Crippen LogP contribution in [0.1, 0.15) is 25.3 Å². The Morgan fingerprint density at radius 1 is 1.47 bits per heavy atom. The summed E-state index contributed by atoms with van der Waals surface area (Å²) < 4.78 is 1.11. The summed E-state index contributed by atoms with van der Waals surface area (Å²) >= 11 is 3.60. The number of halogens is 1. The van der Waals surface area contributed by atoms with Crippen molar-refractivity contribution in [1.29, 1.82) is 0 Å². The Morgan fingerprint density at radius 3 is 2.95 bits per heavy atom. The van der Waals surface area contributed by atoms with Crippen molar-refractivity contribution in [3.05, 3.63) is 28.2 Å². The molecule has 4 heteroatoms. The molecular weight excluding hydrogens is 302 g/mol. The monoisotopic (exact) mass is 325 g/mol. The van der Waals surface area contributed by atoms with Crippen molar-refractivity contribution in [1.82, 2.24) is 4.90 Å². The zero-order valence-corrected chi connectivity index (χ0v) is 13.5. The minimum absolute atomic E-state index is 0.573. The van der Waals surface area contributed by atoms with Crippen LogP contribution in [0.15, 0.2) is 22.7 Å². The van der Waals surface area contributed by atoms with Crippen LogP contribution in [0.4, 0.5) is 5.69 Å². The largest absolute Gasteiger partial charge is 0.373 e. The average Bonchev–Trinajstić information content (AvgIpc) is 2.85. The lowest BCUT2D eigenvalue weighted by molar-refractivity contribution is 0.270. The Morgan fingerprint density at radius 2 is 2.26 bits per heavy atom. The van der Waals surface area contributed by atoms with Crippen LogP contribution in [0.5, 0.6) is 0 Å². The van der Waals surface area contributed by atoms with Gasteiger partial charge >= 0.3 is 0 Å². The van der Waals surface area contributed by atoms with Crippen molar-refractivity contribution < 1.29 is 0 Å². The predicted molar refractivity (Wildman–Crippen MR) is 85.6 cm³/mol. The summed E-state index contributed by atoms with van der Waals surface area (Å²) in [5.41, 5.74) is 8.33. The molecule has 1 aliphatic heterocycles. The number of rotatable bonds is 5. The lowest BCUT2D eigenvalue weighted by Crippen LogP contribution is -2.39. The zero-order chi connectivity index (χ0) is 13.8. The third-order valence-corrected chi connectivity index (χ3v) is 4.84. The summed E-state index contributed by atoms with van der Waals surface area (Å²) in [4.78, 5) is 4.93. The Hall–Kier alpha value is -0.580. The van der Waals surface area contributed by atoms with Crippen LogP contribution < -0.4 is 10.6 Å². The summed E-state index contributed by atoms with van der Waals surface area (Å²) in [5, 5.41) is 0. The molecule has 1 aromatic rings. The number of nitrogens with two attached hydrogens (primary N) is 1. The van der Waals surface area contributed by atoms with Gasteiger partial charge in [-0.25, -0.2) is 0 Å². The van der Waals surface area contributed by atoms with E-state index in [0.29, 0.717) is 12.6 Å². The number of hydrogen-bond donors (Lipinski definition) is 1. The summed E-state index contributed by atoms with van der Waals surface area (Å²) in [5.74, 6) is 0. The first-order valence-corrected chi connectivity index (χ1v) is 7.89. The zero-order valence-electron chi connectivity index (χ0n) is 11.9. The second kappa shape index (κ2) is 6.73. The molecule has 106 valence electrons. The second-order valence-corrected chi connectivity index (χ2v) is 6.10. The minimum Gasteiger partial charge on any atom is -0.373 e. The van der Waals surface area contributed by atoms with Crippen molar-refractivity contribution >= 4 is 21.6 Å². The molecule has 0 radical (unpaired) electrons. The van der Waals surface area contributed by atoms with Crippen molar-refractivity contribution in [2.24, 2.45) is 5.73 Å². The van der Waals surface area contributed by atoms with Crippen molar-refractivity contribution in [3.8, 4) is 0 Å². The molecule has 0 amide bonds. The molecule has 2 rings (SSSR count). The maximum absolute atomic E-state index is 5.88. The van der Waals surface area contributed by atoms with Gasteiger partial charge in [0, 0.05) is 41.9 Å². The molecule has 1 aliphatic rings. The van der Waals surface area contributed by atoms with Crippen molar-refractivity contribution in [2.45, 2.75) is 32.4 Å². The third-order valence-electron chi connectivity index (χ3n) is 4.10. The summed E-state index contributed by atoms with van der Waals surface area (Å²) in [6.45, 7) is 6.31. The number of likely N-dealkylation sites (tertiary alicyclic amines) is 1. The van der Waals surface area contributed by atoms with E-state index in [1.807, 2.05) is 0 Å². The van der Waals surface area contributed by atoms with Gasteiger partial charge in [0.25, 0.3) is 0 Å². The average molecular weight is 326 g/mol. The van der Waals surface area contributed by atoms with Crippen LogP contribution >= 0.6 is 15.9 Å². The van der Waals surface area contributed by atoms with Gasteiger partial charge in [-0.3, -0.25) is 4.90 Å². The molecule has 0 aromatic heterocycles. The summed E-state index contributed by atoms with van der Waals surface area (Å²) in [7, 11) is 2.17. The molecule has 1 atom stereocenters. The lowest BCUT2D eigenvalue weighted by Gasteiger charge is -2.30. The van der Waals surface area contributed by atoms with E-state index < -0.39 is 0 Å². The van der Waals surface area contributed by atoms with Crippen LogP contribution in [-0.4, -0.2) is 37.6 Å². The molecule has 0 saturated carbocycles. The first kappa shape index (κ1) is 14.8. The Kier molecular flexibility index (Phi) is 5.25. The van der Waals surface area contributed by atoms with E-state index in [-0.39, 0.29) is 0 Å². The number of benzene rings is 1. The molecule has 1 fully saturated rings. The molecule has 0 aliphatic carbocycles. The molecule has 1 saturated heterocycles. The molecular formula is C15H24BrN3. The fourth-order valence-corrected chi connectivity index (χ4v) is 3.56. The molecule has 19 heavy (non-hydrogen) atoms. The fourth-order valence-electron chi connectivity index (χ4n) is 3.04. The predicted octanol–water partition coefficient (Wildman–Crippen LogP) is 2.83. The normalized spacial score (nSPS) is 19.9. The van der Waals surface area contributed by atoms with E-state index in [2.05, 4.69) is 57.9 Å². The van der Waals surface area contributed by atoms with Gasteiger partial charge in [0.1, 0.15) is 0 Å². The van der Waals surface area contributed by atoms with Gasteiger partial charge in [-0.2, -0.15) is 0 Å². The van der Waals surface area contributed by atoms with Gasteiger partial charge in [0.15, 0.2) is 0 Å². The minimum atomic E-state index is 0.573. The van der Waals surface area contributed by atoms with E-state index in [1.165, 1.54) is 30.6 Å². The smallest absolute Gasteiger partial charge is 0.0421 e. The van der Waals surface area contributed by atoms with E-state index in [0.717, 1.165) is 17.6 Å². The highest BCUT2D eigenvalue weighted by Gasteiger charge is 2.24. The van der Waals surface area contributed by atoms with Gasteiger partial charge in [-0.1, -0.05) is 28.9 Å². The maximum Gasteiger partial charge on any atom is 0.0421 e. The highest BCUT2D eigenvalue weighted by Crippen LogP contribution is 2.28. The van der Waals surface area contributed by atoms with Gasteiger partial charge in [-0.15, -0.1) is 0 Å². The highest BCUT2D eigenvalue weighted by atomic mass is 79.9. The van der Waals surface area contributed by atoms with Crippen LogP contribution in [0, 0.1) is 0 Å². The SMILES string of the molecule is CCN1CCCC1CN(C)c1cccc(Br)c1CN. The van der Waals surface area contributed by atoms with Crippen molar-refractivity contribution in [3.63, 3.8) is 0 Å². The molecule has 0 spiro atoms. The molecule has 1 unspecified atom stereocenters. The molecule has 3 nitrogen and oxygen atoms in total. The molecule has 1 heterocycles. The number of hydrogen-bond acceptors (Lipinski definition) is 3. The lowest BCUT2D eigenvalue weighted by atomic mass is 10.1. The van der Waals surface area contributed by atoms with Crippen molar-refractivity contribution in [2.75, 3.05) is 31.6 Å². The van der Waals surface area contributed by atoms with Gasteiger partial charge in [0.05, 0.1) is 0 Å². The van der Waals surface area contributed by atoms with Gasteiger partial charge in [0.2, 0.25) is 0 Å².